The highest BCUT2D eigenvalue weighted by atomic mass is 32.1. The third-order valence-electron chi connectivity index (χ3n) is 8.41. The quantitative estimate of drug-likeness (QED) is 0.759. The van der Waals surface area contributed by atoms with E-state index >= 15 is 0 Å². The predicted molar refractivity (Wildman–Crippen MR) is 109 cm³/mol. The zero-order valence-corrected chi connectivity index (χ0v) is 17.4. The number of nitrogens with zero attached hydrogens (tertiary/aromatic N) is 2. The number of likely N-dealkylation sites (tertiary alicyclic amines) is 1. The number of amides is 2. The van der Waals surface area contributed by atoms with Crippen LogP contribution in [0.25, 0.3) is 0 Å². The second-order valence-corrected chi connectivity index (χ2v) is 11.2. The van der Waals surface area contributed by atoms with E-state index in [9.17, 15) is 9.59 Å². The molecule has 0 spiro atoms. The maximum atomic E-state index is 13.8. The fourth-order valence-corrected chi connectivity index (χ4v) is 8.48. The molecular formula is C23H30N2O2S. The molecule has 1 unspecified atom stereocenters. The van der Waals surface area contributed by atoms with Crippen LogP contribution in [0.5, 0.6) is 0 Å². The Morgan fingerprint density at radius 1 is 1.04 bits per heavy atom. The second kappa shape index (κ2) is 6.32. The van der Waals surface area contributed by atoms with Gasteiger partial charge in [0.15, 0.2) is 0 Å². The van der Waals surface area contributed by atoms with Crippen LogP contribution in [0.2, 0.25) is 0 Å². The normalized spacial score (nSPS) is 38.7. The van der Waals surface area contributed by atoms with Crippen LogP contribution >= 0.6 is 11.3 Å². The van der Waals surface area contributed by atoms with Gasteiger partial charge in [-0.3, -0.25) is 9.59 Å². The van der Waals surface area contributed by atoms with E-state index in [1.807, 2.05) is 9.80 Å². The number of hydrogen-bond acceptors (Lipinski definition) is 3. The van der Waals surface area contributed by atoms with Crippen molar-refractivity contribution in [1.29, 1.82) is 0 Å². The van der Waals surface area contributed by atoms with Crippen molar-refractivity contribution in [2.75, 3.05) is 13.1 Å². The van der Waals surface area contributed by atoms with Gasteiger partial charge in [0.05, 0.1) is 5.41 Å². The molecule has 1 aromatic rings. The average molecular weight is 399 g/mol. The van der Waals surface area contributed by atoms with E-state index < -0.39 is 0 Å². The van der Waals surface area contributed by atoms with Crippen LogP contribution in [-0.2, 0) is 22.6 Å². The standard InChI is InChI=1S/C23H30N2O2S/c26-21(24-6-3-20-18(14-24)4-7-28-20)19-2-1-5-25(19)22(27)23-11-15-8-16(12-23)10-17(9-15)13-23/h4,7,15-17,19H,1-3,5-6,8-14H2. The number of rotatable bonds is 2. The van der Waals surface area contributed by atoms with Gasteiger partial charge in [0.2, 0.25) is 11.8 Å². The molecule has 0 aromatic carbocycles. The molecule has 1 atom stereocenters. The largest absolute Gasteiger partial charge is 0.336 e. The van der Waals surface area contributed by atoms with Gasteiger partial charge >= 0.3 is 0 Å². The Morgan fingerprint density at radius 3 is 2.46 bits per heavy atom. The van der Waals surface area contributed by atoms with Gasteiger partial charge in [0, 0.05) is 24.5 Å². The van der Waals surface area contributed by atoms with Gasteiger partial charge in [-0.05, 0) is 92.6 Å². The molecule has 3 heterocycles. The first-order valence-electron chi connectivity index (χ1n) is 11.3. The first kappa shape index (κ1) is 17.5. The summed E-state index contributed by atoms with van der Waals surface area (Å²) in [4.78, 5) is 32.7. The lowest BCUT2D eigenvalue weighted by Gasteiger charge is -2.56. The van der Waals surface area contributed by atoms with E-state index in [0.717, 1.165) is 75.9 Å². The lowest BCUT2D eigenvalue weighted by molar-refractivity contribution is -0.162. The maximum Gasteiger partial charge on any atom is 0.245 e. The molecule has 0 N–H and O–H groups in total. The molecule has 6 aliphatic rings. The summed E-state index contributed by atoms with van der Waals surface area (Å²) >= 11 is 1.81. The summed E-state index contributed by atoms with van der Waals surface area (Å²) in [6.45, 7) is 2.32. The van der Waals surface area contributed by atoms with Gasteiger partial charge in [0.1, 0.15) is 6.04 Å². The molecule has 5 heteroatoms. The molecule has 1 aromatic heterocycles. The minimum Gasteiger partial charge on any atom is -0.336 e. The number of hydrogen-bond donors (Lipinski definition) is 0. The molecule has 4 aliphatic carbocycles. The van der Waals surface area contributed by atoms with Crippen molar-refractivity contribution >= 4 is 23.2 Å². The lowest BCUT2D eigenvalue weighted by atomic mass is 9.49. The van der Waals surface area contributed by atoms with Crippen LogP contribution in [0.15, 0.2) is 11.4 Å². The third-order valence-corrected chi connectivity index (χ3v) is 9.43. The smallest absolute Gasteiger partial charge is 0.245 e. The molecular weight excluding hydrogens is 368 g/mol. The van der Waals surface area contributed by atoms with Crippen LogP contribution in [-0.4, -0.2) is 40.7 Å². The minimum absolute atomic E-state index is 0.125. The van der Waals surface area contributed by atoms with Gasteiger partial charge in [-0.15, -0.1) is 11.3 Å². The Bertz CT molecular complexity index is 780. The monoisotopic (exact) mass is 398 g/mol. The van der Waals surface area contributed by atoms with Crippen molar-refractivity contribution < 1.29 is 9.59 Å². The van der Waals surface area contributed by atoms with Crippen molar-refractivity contribution in [2.45, 2.75) is 70.4 Å². The molecule has 28 heavy (non-hydrogen) atoms. The Labute approximate surface area is 171 Å². The highest BCUT2D eigenvalue weighted by molar-refractivity contribution is 7.10. The Kier molecular flexibility index (Phi) is 3.95. The van der Waals surface area contributed by atoms with E-state index in [1.54, 1.807) is 11.3 Å². The average Bonchev–Trinajstić information content (AvgIpc) is 3.34. The van der Waals surface area contributed by atoms with Crippen molar-refractivity contribution in [3.63, 3.8) is 0 Å². The van der Waals surface area contributed by atoms with Crippen molar-refractivity contribution in [2.24, 2.45) is 23.2 Å². The summed E-state index contributed by atoms with van der Waals surface area (Å²) in [7, 11) is 0. The van der Waals surface area contributed by atoms with E-state index in [0.29, 0.717) is 5.91 Å². The molecule has 2 amide bonds. The molecule has 2 aliphatic heterocycles. The van der Waals surface area contributed by atoms with Crippen molar-refractivity contribution in [3.8, 4) is 0 Å². The number of thiophene rings is 1. The van der Waals surface area contributed by atoms with E-state index in [1.165, 1.54) is 29.7 Å². The fourth-order valence-electron chi connectivity index (χ4n) is 7.59. The van der Waals surface area contributed by atoms with E-state index in [4.69, 9.17) is 0 Å². The van der Waals surface area contributed by atoms with Crippen LogP contribution in [0.3, 0.4) is 0 Å². The predicted octanol–water partition coefficient (Wildman–Crippen LogP) is 3.84. The summed E-state index contributed by atoms with van der Waals surface area (Å²) in [5.74, 6) is 2.85. The molecule has 150 valence electrons. The van der Waals surface area contributed by atoms with Gasteiger partial charge in [-0.1, -0.05) is 0 Å². The summed E-state index contributed by atoms with van der Waals surface area (Å²) < 4.78 is 0. The Hall–Kier alpha value is -1.36. The van der Waals surface area contributed by atoms with Gasteiger partial charge < -0.3 is 9.80 Å². The summed E-state index contributed by atoms with van der Waals surface area (Å²) in [6, 6.07) is 1.95. The van der Waals surface area contributed by atoms with Gasteiger partial charge in [-0.2, -0.15) is 0 Å². The lowest BCUT2D eigenvalue weighted by Crippen LogP contribution is -2.57. The number of carbonyl (C=O) groups is 2. The zero-order chi connectivity index (χ0) is 18.9. The highest BCUT2D eigenvalue weighted by Gasteiger charge is 2.57. The second-order valence-electron chi connectivity index (χ2n) is 10.2. The fraction of sp³-hybridized carbons (Fsp3) is 0.739. The SMILES string of the molecule is O=C(C1CCCN1C(=O)C12CC3CC(CC(C3)C1)C2)N1CCc2sccc2C1. The zero-order valence-electron chi connectivity index (χ0n) is 16.6. The summed E-state index contributed by atoms with van der Waals surface area (Å²) in [5, 5.41) is 2.14. The van der Waals surface area contributed by atoms with Crippen LogP contribution in [0.4, 0.5) is 0 Å². The topological polar surface area (TPSA) is 40.6 Å². The minimum atomic E-state index is -0.208. The number of carbonyl (C=O) groups excluding carboxylic acids is 2. The maximum absolute atomic E-state index is 13.8. The number of fused-ring (bicyclic) bond motifs is 1. The summed E-state index contributed by atoms with van der Waals surface area (Å²) in [6.07, 6.45) is 10.1. The van der Waals surface area contributed by atoms with Gasteiger partial charge in [-0.25, -0.2) is 0 Å². The van der Waals surface area contributed by atoms with Crippen LogP contribution < -0.4 is 0 Å². The van der Waals surface area contributed by atoms with Crippen LogP contribution in [0.1, 0.15) is 61.8 Å². The molecule has 1 saturated heterocycles. The van der Waals surface area contributed by atoms with E-state index in [-0.39, 0.29) is 17.4 Å². The first-order chi connectivity index (χ1) is 13.6. The first-order valence-corrected chi connectivity index (χ1v) is 12.1. The van der Waals surface area contributed by atoms with Crippen LogP contribution in [0, 0.1) is 23.2 Å². The molecule has 4 bridgehead atoms. The molecule has 0 radical (unpaired) electrons. The highest BCUT2D eigenvalue weighted by Crippen LogP contribution is 2.60. The van der Waals surface area contributed by atoms with E-state index in [2.05, 4.69) is 11.4 Å². The summed E-state index contributed by atoms with van der Waals surface area (Å²) in [5.41, 5.74) is 1.18. The third kappa shape index (κ3) is 2.61. The molecule has 5 fully saturated rings. The molecule has 4 saturated carbocycles. The molecule has 4 nitrogen and oxygen atoms in total. The Morgan fingerprint density at radius 2 is 1.75 bits per heavy atom. The van der Waals surface area contributed by atoms with Crippen molar-refractivity contribution in [3.05, 3.63) is 21.9 Å². The Balaban J connectivity index is 1.22. The molecule has 7 rings (SSSR count). The van der Waals surface area contributed by atoms with Gasteiger partial charge in [0.25, 0.3) is 0 Å². The van der Waals surface area contributed by atoms with Crippen molar-refractivity contribution in [1.82, 2.24) is 9.80 Å².